The molecule has 28 heavy (non-hydrogen) atoms. The third kappa shape index (κ3) is 3.22. The number of nitrogens with one attached hydrogen (secondary N) is 1. The van der Waals surface area contributed by atoms with Gasteiger partial charge in [-0.15, -0.1) is 0 Å². The molecule has 2 aromatic rings. The summed E-state index contributed by atoms with van der Waals surface area (Å²) < 4.78 is 26.8. The number of halogens is 2. The van der Waals surface area contributed by atoms with Gasteiger partial charge in [0.1, 0.15) is 17.2 Å². The number of carbonyl (C=O) groups is 4. The number of benzene rings is 2. The van der Waals surface area contributed by atoms with Crippen LogP contribution in [0, 0.1) is 11.6 Å². The predicted molar refractivity (Wildman–Crippen MR) is 93.2 cm³/mol. The first-order valence-corrected chi connectivity index (χ1v) is 8.16. The Morgan fingerprint density at radius 3 is 2.32 bits per heavy atom. The maximum Gasteiger partial charge on any atom is 0.325 e. The predicted octanol–water partition coefficient (Wildman–Crippen LogP) is 1.71. The molecule has 3 rings (SSSR count). The molecule has 1 saturated heterocycles. The van der Waals surface area contributed by atoms with Gasteiger partial charge in [-0.2, -0.15) is 0 Å². The molecule has 1 heterocycles. The topological polar surface area (TPSA) is 110 Å². The molecule has 0 aliphatic carbocycles. The van der Waals surface area contributed by atoms with E-state index in [0.717, 1.165) is 12.1 Å². The highest BCUT2D eigenvalue weighted by Gasteiger charge is 2.49. The quantitative estimate of drug-likeness (QED) is 0.601. The van der Waals surface area contributed by atoms with Gasteiger partial charge < -0.3 is 11.1 Å². The molecule has 4 amide bonds. The van der Waals surface area contributed by atoms with Gasteiger partial charge in [-0.25, -0.2) is 13.6 Å². The van der Waals surface area contributed by atoms with E-state index in [9.17, 15) is 28.0 Å². The third-order valence-corrected chi connectivity index (χ3v) is 4.55. The van der Waals surface area contributed by atoms with Crippen LogP contribution >= 0.6 is 0 Å². The van der Waals surface area contributed by atoms with Crippen LogP contribution in [0.15, 0.2) is 42.5 Å². The van der Waals surface area contributed by atoms with E-state index in [1.54, 1.807) is 0 Å². The standard InChI is InChI=1S/C19H15F2N3O4/c1-19(11-4-2-10(3-5-11)16(22)26)17(27)24(18(28)23-19)9-15(25)13-7-6-12(20)8-14(13)21/h2-8H,9H2,1H3,(H2,22,26)(H,23,28). The fraction of sp³-hybridized carbons (Fsp3) is 0.158. The Morgan fingerprint density at radius 1 is 1.11 bits per heavy atom. The Labute approximate surface area is 158 Å². The summed E-state index contributed by atoms with van der Waals surface area (Å²) >= 11 is 0. The molecular formula is C19H15F2N3O4. The van der Waals surface area contributed by atoms with Crippen molar-refractivity contribution in [3.05, 3.63) is 70.8 Å². The number of imide groups is 1. The van der Waals surface area contributed by atoms with Crippen molar-refractivity contribution >= 4 is 23.6 Å². The van der Waals surface area contributed by atoms with Crippen molar-refractivity contribution in [3.8, 4) is 0 Å². The van der Waals surface area contributed by atoms with Gasteiger partial charge in [0.2, 0.25) is 5.91 Å². The van der Waals surface area contributed by atoms with Crippen molar-refractivity contribution < 1.29 is 28.0 Å². The summed E-state index contributed by atoms with van der Waals surface area (Å²) in [5.41, 5.74) is 3.87. The summed E-state index contributed by atoms with van der Waals surface area (Å²) in [5, 5.41) is 2.49. The SMILES string of the molecule is CC1(c2ccc(C(N)=O)cc2)NC(=O)N(CC(=O)c2ccc(F)cc2F)C1=O. The van der Waals surface area contributed by atoms with Gasteiger partial charge in [0.25, 0.3) is 5.91 Å². The molecule has 0 spiro atoms. The maximum absolute atomic E-state index is 13.8. The normalized spacial score (nSPS) is 18.9. The molecular weight excluding hydrogens is 372 g/mol. The molecule has 9 heteroatoms. The number of Topliss-reactive ketones (excluding diaryl/α,β-unsaturated/α-hetero) is 1. The molecule has 0 radical (unpaired) electrons. The molecule has 0 saturated carbocycles. The molecule has 0 aromatic heterocycles. The molecule has 1 atom stereocenters. The van der Waals surface area contributed by atoms with Gasteiger partial charge in [-0.05, 0) is 36.8 Å². The fourth-order valence-electron chi connectivity index (χ4n) is 2.95. The summed E-state index contributed by atoms with van der Waals surface area (Å²) in [6.07, 6.45) is 0. The van der Waals surface area contributed by atoms with E-state index in [1.807, 2.05) is 0 Å². The minimum Gasteiger partial charge on any atom is -0.366 e. The summed E-state index contributed by atoms with van der Waals surface area (Å²) in [7, 11) is 0. The minimum atomic E-state index is -1.48. The highest BCUT2D eigenvalue weighted by Crippen LogP contribution is 2.29. The van der Waals surface area contributed by atoms with Crippen LogP contribution in [0.25, 0.3) is 0 Å². The largest absolute Gasteiger partial charge is 0.366 e. The van der Waals surface area contributed by atoms with Gasteiger partial charge in [-0.3, -0.25) is 19.3 Å². The van der Waals surface area contributed by atoms with Crippen LogP contribution in [-0.4, -0.2) is 35.1 Å². The first kappa shape index (κ1) is 19.2. The van der Waals surface area contributed by atoms with Crippen LogP contribution in [0.1, 0.15) is 33.2 Å². The maximum atomic E-state index is 13.8. The molecule has 3 N–H and O–H groups in total. The molecule has 2 aromatic carbocycles. The van der Waals surface area contributed by atoms with E-state index < -0.39 is 52.9 Å². The summed E-state index contributed by atoms with van der Waals surface area (Å²) in [6, 6.07) is 7.31. The molecule has 1 aliphatic rings. The lowest BCUT2D eigenvalue weighted by Crippen LogP contribution is -2.41. The number of nitrogens with two attached hydrogens (primary N) is 1. The Balaban J connectivity index is 1.84. The lowest BCUT2D eigenvalue weighted by molar-refractivity contribution is -0.130. The van der Waals surface area contributed by atoms with Crippen molar-refractivity contribution in [1.29, 1.82) is 0 Å². The van der Waals surface area contributed by atoms with Crippen molar-refractivity contribution in [2.24, 2.45) is 5.73 Å². The van der Waals surface area contributed by atoms with E-state index in [2.05, 4.69) is 5.32 Å². The van der Waals surface area contributed by atoms with Crippen LogP contribution in [0.5, 0.6) is 0 Å². The second-order valence-electron chi connectivity index (χ2n) is 6.44. The van der Waals surface area contributed by atoms with Gasteiger partial charge in [-0.1, -0.05) is 12.1 Å². The molecule has 0 bridgehead atoms. The van der Waals surface area contributed by atoms with Crippen LogP contribution in [-0.2, 0) is 10.3 Å². The molecule has 1 aliphatic heterocycles. The summed E-state index contributed by atoms with van der Waals surface area (Å²) in [6.45, 7) is 0.734. The fourth-order valence-corrected chi connectivity index (χ4v) is 2.95. The smallest absolute Gasteiger partial charge is 0.325 e. The van der Waals surface area contributed by atoms with Crippen LogP contribution < -0.4 is 11.1 Å². The van der Waals surface area contributed by atoms with Gasteiger partial charge in [0.15, 0.2) is 5.78 Å². The third-order valence-electron chi connectivity index (χ3n) is 4.55. The van der Waals surface area contributed by atoms with Crippen molar-refractivity contribution in [1.82, 2.24) is 10.2 Å². The number of carbonyl (C=O) groups excluding carboxylic acids is 4. The number of nitrogens with zero attached hydrogens (tertiary/aromatic N) is 1. The Hall–Kier alpha value is -3.62. The number of ketones is 1. The van der Waals surface area contributed by atoms with E-state index in [4.69, 9.17) is 5.73 Å². The van der Waals surface area contributed by atoms with E-state index in [0.29, 0.717) is 16.5 Å². The summed E-state index contributed by atoms with van der Waals surface area (Å²) in [4.78, 5) is 49.2. The average Bonchev–Trinajstić information content (AvgIpc) is 2.85. The molecule has 1 fully saturated rings. The zero-order chi connectivity index (χ0) is 20.6. The van der Waals surface area contributed by atoms with Crippen LogP contribution in [0.2, 0.25) is 0 Å². The average molecular weight is 387 g/mol. The highest BCUT2D eigenvalue weighted by atomic mass is 19.1. The van der Waals surface area contributed by atoms with E-state index in [-0.39, 0.29) is 5.56 Å². The van der Waals surface area contributed by atoms with E-state index >= 15 is 0 Å². The Kier molecular flexibility index (Phi) is 4.68. The molecule has 144 valence electrons. The number of amides is 4. The number of primary amides is 1. The van der Waals surface area contributed by atoms with Crippen molar-refractivity contribution in [3.63, 3.8) is 0 Å². The number of rotatable bonds is 5. The second kappa shape index (κ2) is 6.84. The van der Waals surface area contributed by atoms with Gasteiger partial charge in [0.05, 0.1) is 12.1 Å². The zero-order valence-corrected chi connectivity index (χ0v) is 14.7. The Morgan fingerprint density at radius 2 is 1.75 bits per heavy atom. The lowest BCUT2D eigenvalue weighted by Gasteiger charge is -2.22. The first-order chi connectivity index (χ1) is 13.1. The monoisotopic (exact) mass is 387 g/mol. The number of urea groups is 1. The van der Waals surface area contributed by atoms with E-state index in [1.165, 1.54) is 31.2 Å². The molecule has 1 unspecified atom stereocenters. The Bertz CT molecular complexity index is 1010. The zero-order valence-electron chi connectivity index (χ0n) is 14.7. The van der Waals surface area contributed by atoms with Gasteiger partial charge in [0, 0.05) is 11.6 Å². The van der Waals surface area contributed by atoms with Crippen LogP contribution in [0.4, 0.5) is 13.6 Å². The highest BCUT2D eigenvalue weighted by molar-refractivity contribution is 6.11. The van der Waals surface area contributed by atoms with Crippen LogP contribution in [0.3, 0.4) is 0 Å². The van der Waals surface area contributed by atoms with Crippen molar-refractivity contribution in [2.45, 2.75) is 12.5 Å². The minimum absolute atomic E-state index is 0.225. The number of hydrogen-bond acceptors (Lipinski definition) is 4. The lowest BCUT2D eigenvalue weighted by atomic mass is 9.91. The molecule has 7 nitrogen and oxygen atoms in total. The van der Waals surface area contributed by atoms with Crippen molar-refractivity contribution in [2.75, 3.05) is 6.54 Å². The number of hydrogen-bond donors (Lipinski definition) is 2. The second-order valence-corrected chi connectivity index (χ2v) is 6.44. The summed E-state index contributed by atoms with van der Waals surface area (Å²) in [5.74, 6) is -4.15. The first-order valence-electron chi connectivity index (χ1n) is 8.16. The van der Waals surface area contributed by atoms with Gasteiger partial charge >= 0.3 is 6.03 Å².